The van der Waals surface area contributed by atoms with Crippen LogP contribution in [0.3, 0.4) is 0 Å². The van der Waals surface area contributed by atoms with Crippen molar-refractivity contribution in [2.24, 2.45) is 0 Å². The van der Waals surface area contributed by atoms with Gasteiger partial charge in [0.25, 0.3) is 0 Å². The third kappa shape index (κ3) is 3.85. The fourth-order valence-corrected chi connectivity index (χ4v) is 4.17. The monoisotopic (exact) mass is 426 g/mol. The van der Waals surface area contributed by atoms with Gasteiger partial charge in [-0.05, 0) is 74.7 Å². The third-order valence-corrected chi connectivity index (χ3v) is 5.74. The van der Waals surface area contributed by atoms with Crippen LogP contribution in [0.4, 0.5) is 17.5 Å². The summed E-state index contributed by atoms with van der Waals surface area (Å²) in [6.07, 6.45) is 5.63. The van der Waals surface area contributed by atoms with E-state index >= 15 is 0 Å². The molecule has 0 spiro atoms. The molecule has 0 atom stereocenters. The highest BCUT2D eigenvalue weighted by Crippen LogP contribution is 2.28. The molecule has 0 unspecified atom stereocenters. The summed E-state index contributed by atoms with van der Waals surface area (Å²) in [4.78, 5) is 15.5. The van der Waals surface area contributed by atoms with Gasteiger partial charge < -0.3 is 25.8 Å². The van der Waals surface area contributed by atoms with Gasteiger partial charge in [0.1, 0.15) is 11.6 Å². The summed E-state index contributed by atoms with van der Waals surface area (Å²) >= 11 is 0. The number of ether oxygens (including phenoxy) is 1. The number of benzene rings is 2. The lowest BCUT2D eigenvalue weighted by atomic mass is 10.0. The lowest BCUT2D eigenvalue weighted by Crippen LogP contribution is -2.08. The van der Waals surface area contributed by atoms with Crippen LogP contribution in [0.5, 0.6) is 5.75 Å². The van der Waals surface area contributed by atoms with E-state index in [9.17, 15) is 0 Å². The second kappa shape index (κ2) is 8.26. The Labute approximate surface area is 186 Å². The molecule has 0 aliphatic heterocycles. The number of aromatic amines is 2. The van der Waals surface area contributed by atoms with Gasteiger partial charge in [-0.25, -0.2) is 4.98 Å². The summed E-state index contributed by atoms with van der Waals surface area (Å²) in [7, 11) is 0. The van der Waals surface area contributed by atoms with E-state index in [1.807, 2.05) is 32.2 Å². The Balaban J connectivity index is 1.43. The van der Waals surface area contributed by atoms with Crippen LogP contribution in [0.15, 0.2) is 54.9 Å². The number of aryl methyl sites for hydroxylation is 2. The summed E-state index contributed by atoms with van der Waals surface area (Å²) in [5.41, 5.74) is 12.3. The first kappa shape index (κ1) is 19.9. The molecule has 2 aromatic carbocycles. The van der Waals surface area contributed by atoms with Crippen molar-refractivity contribution in [1.82, 2.24) is 19.9 Å². The zero-order valence-corrected chi connectivity index (χ0v) is 18.2. The van der Waals surface area contributed by atoms with Crippen molar-refractivity contribution in [1.29, 1.82) is 0 Å². The summed E-state index contributed by atoms with van der Waals surface area (Å²) in [6, 6.07) is 14.4. The van der Waals surface area contributed by atoms with Gasteiger partial charge in [-0.2, -0.15) is 4.98 Å². The predicted molar refractivity (Wildman–Crippen MR) is 130 cm³/mol. The zero-order valence-electron chi connectivity index (χ0n) is 18.2. The van der Waals surface area contributed by atoms with Gasteiger partial charge in [0.05, 0.1) is 6.61 Å². The first-order chi connectivity index (χ1) is 15.6. The Kier molecular flexibility index (Phi) is 5.15. The highest BCUT2D eigenvalue weighted by molar-refractivity contribution is 5.85. The Hall–Kier alpha value is -4.00. The maximum atomic E-state index is 5.98. The molecule has 7 heteroatoms. The van der Waals surface area contributed by atoms with Crippen molar-refractivity contribution in [3.63, 3.8) is 0 Å². The first-order valence-electron chi connectivity index (χ1n) is 10.8. The molecule has 0 fully saturated rings. The average molecular weight is 427 g/mol. The molecule has 0 aliphatic rings. The second-order valence-electron chi connectivity index (χ2n) is 7.85. The number of fused-ring (bicyclic) bond motifs is 2. The van der Waals surface area contributed by atoms with E-state index in [0.717, 1.165) is 57.8 Å². The largest absolute Gasteiger partial charge is 0.494 e. The van der Waals surface area contributed by atoms with E-state index in [1.165, 1.54) is 10.9 Å². The van der Waals surface area contributed by atoms with Gasteiger partial charge in [-0.3, -0.25) is 0 Å². The van der Waals surface area contributed by atoms with Crippen molar-refractivity contribution < 1.29 is 4.74 Å². The first-order valence-corrected chi connectivity index (χ1v) is 10.8. The standard InChI is InChI=1S/C25H26N6O/c1-3-32-19-6-9-23-21(13-19)17(14-28-23)4-7-20-15(2)29-25(26)31-24(20)30-18-5-8-22-16(12-18)10-11-27-22/h5-6,8-14,27-28H,3-4,7H2,1-2H3,(H3,26,29,30,31). The van der Waals surface area contributed by atoms with E-state index in [4.69, 9.17) is 10.5 Å². The number of hydrogen-bond donors (Lipinski definition) is 4. The lowest BCUT2D eigenvalue weighted by Gasteiger charge is -2.14. The van der Waals surface area contributed by atoms with Gasteiger partial charge in [0.15, 0.2) is 0 Å². The van der Waals surface area contributed by atoms with E-state index in [1.54, 1.807) is 0 Å². The van der Waals surface area contributed by atoms with Crippen LogP contribution >= 0.6 is 0 Å². The highest BCUT2D eigenvalue weighted by atomic mass is 16.5. The molecule has 0 aliphatic carbocycles. The van der Waals surface area contributed by atoms with E-state index in [-0.39, 0.29) is 5.95 Å². The van der Waals surface area contributed by atoms with Crippen molar-refractivity contribution in [3.8, 4) is 5.75 Å². The number of nitrogen functional groups attached to an aromatic ring is 1. The van der Waals surface area contributed by atoms with Crippen LogP contribution in [0.1, 0.15) is 23.7 Å². The minimum atomic E-state index is 0.268. The zero-order chi connectivity index (χ0) is 22.1. The van der Waals surface area contributed by atoms with Crippen LogP contribution in [-0.4, -0.2) is 26.5 Å². The quantitative estimate of drug-likeness (QED) is 0.284. The van der Waals surface area contributed by atoms with Gasteiger partial charge in [0.2, 0.25) is 5.95 Å². The number of nitrogens with zero attached hydrogens (tertiary/aromatic N) is 2. The minimum absolute atomic E-state index is 0.268. The molecule has 5 rings (SSSR count). The molecule has 0 saturated heterocycles. The summed E-state index contributed by atoms with van der Waals surface area (Å²) in [5.74, 6) is 1.90. The molecule has 5 N–H and O–H groups in total. The predicted octanol–water partition coefficient (Wildman–Crippen LogP) is 5.26. The number of nitrogens with one attached hydrogen (secondary N) is 3. The van der Waals surface area contributed by atoms with Crippen LogP contribution in [0.25, 0.3) is 21.8 Å². The SMILES string of the molecule is CCOc1ccc2[nH]cc(CCc3c(C)nc(N)nc3Nc3ccc4[nH]ccc4c3)c2c1. The van der Waals surface area contributed by atoms with Crippen LogP contribution in [0.2, 0.25) is 0 Å². The number of H-pyrrole nitrogens is 2. The fraction of sp³-hybridized carbons (Fsp3) is 0.200. The molecule has 7 nitrogen and oxygen atoms in total. The number of rotatable bonds is 7. The van der Waals surface area contributed by atoms with Gasteiger partial charge in [-0.15, -0.1) is 0 Å². The topological polar surface area (TPSA) is 105 Å². The average Bonchev–Trinajstić information content (AvgIpc) is 3.39. The van der Waals surface area contributed by atoms with E-state index < -0.39 is 0 Å². The van der Waals surface area contributed by atoms with Crippen molar-refractivity contribution in [2.45, 2.75) is 26.7 Å². The molecule has 3 aromatic heterocycles. The normalized spacial score (nSPS) is 11.3. The Morgan fingerprint density at radius 1 is 1.00 bits per heavy atom. The molecule has 5 aromatic rings. The van der Waals surface area contributed by atoms with Crippen molar-refractivity contribution in [3.05, 3.63) is 71.7 Å². The number of anilines is 3. The van der Waals surface area contributed by atoms with Crippen LogP contribution in [0, 0.1) is 6.92 Å². The fourth-order valence-electron chi connectivity index (χ4n) is 4.17. The Morgan fingerprint density at radius 3 is 2.75 bits per heavy atom. The highest BCUT2D eigenvalue weighted by Gasteiger charge is 2.14. The van der Waals surface area contributed by atoms with Crippen LogP contribution < -0.4 is 15.8 Å². The summed E-state index contributed by atoms with van der Waals surface area (Å²) in [5, 5.41) is 5.77. The smallest absolute Gasteiger partial charge is 0.222 e. The molecule has 32 heavy (non-hydrogen) atoms. The van der Waals surface area contributed by atoms with Gasteiger partial charge in [0, 0.05) is 51.1 Å². The molecule has 0 saturated carbocycles. The lowest BCUT2D eigenvalue weighted by molar-refractivity contribution is 0.340. The van der Waals surface area contributed by atoms with Crippen molar-refractivity contribution in [2.75, 3.05) is 17.7 Å². The molecular formula is C25H26N6O. The van der Waals surface area contributed by atoms with E-state index in [0.29, 0.717) is 6.61 Å². The number of aromatic nitrogens is 4. The summed E-state index contributed by atoms with van der Waals surface area (Å²) in [6.45, 7) is 4.63. The van der Waals surface area contributed by atoms with Crippen molar-refractivity contribution >= 4 is 39.3 Å². The minimum Gasteiger partial charge on any atom is -0.494 e. The summed E-state index contributed by atoms with van der Waals surface area (Å²) < 4.78 is 5.68. The molecule has 0 bridgehead atoms. The maximum Gasteiger partial charge on any atom is 0.222 e. The van der Waals surface area contributed by atoms with Crippen LogP contribution in [-0.2, 0) is 12.8 Å². The molecule has 0 amide bonds. The number of hydrogen-bond acceptors (Lipinski definition) is 5. The second-order valence-corrected chi connectivity index (χ2v) is 7.85. The maximum absolute atomic E-state index is 5.98. The Bertz CT molecular complexity index is 1400. The molecule has 162 valence electrons. The number of nitrogens with two attached hydrogens (primary N) is 1. The third-order valence-electron chi connectivity index (χ3n) is 5.74. The molecule has 3 heterocycles. The van der Waals surface area contributed by atoms with Gasteiger partial charge in [-0.1, -0.05) is 0 Å². The Morgan fingerprint density at radius 2 is 1.88 bits per heavy atom. The van der Waals surface area contributed by atoms with E-state index in [2.05, 4.69) is 61.8 Å². The molecular weight excluding hydrogens is 400 g/mol. The molecule has 0 radical (unpaired) electrons. The van der Waals surface area contributed by atoms with Gasteiger partial charge >= 0.3 is 0 Å².